The summed E-state index contributed by atoms with van der Waals surface area (Å²) in [6.07, 6.45) is 2.91. The highest BCUT2D eigenvalue weighted by Gasteiger charge is 2.19. The van der Waals surface area contributed by atoms with Crippen molar-refractivity contribution in [3.8, 4) is 17.0 Å². The molecule has 3 aromatic carbocycles. The summed E-state index contributed by atoms with van der Waals surface area (Å²) in [4.78, 5) is 30.4. The van der Waals surface area contributed by atoms with E-state index in [1.54, 1.807) is 43.3 Å². The van der Waals surface area contributed by atoms with Crippen LogP contribution < -0.4 is 10.7 Å². The fraction of sp³-hybridized carbons (Fsp3) is 0.0400. The first-order valence-corrected chi connectivity index (χ1v) is 10.5. The summed E-state index contributed by atoms with van der Waals surface area (Å²) in [7, 11) is 0. The minimum atomic E-state index is -0.449. The predicted molar refractivity (Wildman–Crippen MR) is 127 cm³/mol. The smallest absolute Gasteiger partial charge is 0.259 e. The molecule has 0 spiro atoms. The van der Waals surface area contributed by atoms with Gasteiger partial charge in [-0.3, -0.25) is 9.59 Å². The van der Waals surface area contributed by atoms with Crippen LogP contribution in [0.4, 0.5) is 5.69 Å². The van der Waals surface area contributed by atoms with Crippen molar-refractivity contribution >= 4 is 34.2 Å². The lowest BCUT2D eigenvalue weighted by Crippen LogP contribution is -2.16. The second-order valence-electron chi connectivity index (χ2n) is 7.39. The predicted octanol–water partition coefficient (Wildman–Crippen LogP) is 5.25. The zero-order valence-electron chi connectivity index (χ0n) is 17.4. The molecule has 2 heterocycles. The number of fused-ring (bicyclic) bond motifs is 1. The Bertz CT molecular complexity index is 1540. The Hall–Kier alpha value is -4.23. The third kappa shape index (κ3) is 3.79. The molecule has 1 N–H and O–H groups in total. The molecule has 0 saturated heterocycles. The second-order valence-corrected chi connectivity index (χ2v) is 7.83. The molecule has 1 amide bonds. The van der Waals surface area contributed by atoms with Crippen LogP contribution in [-0.2, 0) is 0 Å². The molecule has 0 aliphatic heterocycles. The van der Waals surface area contributed by atoms with Gasteiger partial charge in [-0.15, -0.1) is 0 Å². The maximum atomic E-state index is 13.3. The van der Waals surface area contributed by atoms with Crippen LogP contribution in [0.3, 0.4) is 0 Å². The summed E-state index contributed by atoms with van der Waals surface area (Å²) >= 11 is 6.17. The molecule has 0 bridgehead atoms. The lowest BCUT2D eigenvalue weighted by molar-refractivity contribution is 0.102. The van der Waals surface area contributed by atoms with Gasteiger partial charge in [-0.05, 0) is 37.3 Å². The van der Waals surface area contributed by atoms with Crippen molar-refractivity contribution in [2.24, 2.45) is 0 Å². The molecule has 2 aromatic heterocycles. The zero-order chi connectivity index (χ0) is 22.9. The fourth-order valence-electron chi connectivity index (χ4n) is 3.68. The Morgan fingerprint density at radius 1 is 1.06 bits per heavy atom. The van der Waals surface area contributed by atoms with Gasteiger partial charge in [0.05, 0.1) is 22.3 Å². The third-order valence-electron chi connectivity index (χ3n) is 5.30. The van der Waals surface area contributed by atoms with Crippen LogP contribution in [0.25, 0.3) is 28.0 Å². The van der Waals surface area contributed by atoms with Gasteiger partial charge in [-0.2, -0.15) is 5.10 Å². The van der Waals surface area contributed by atoms with Gasteiger partial charge in [0, 0.05) is 16.1 Å². The van der Waals surface area contributed by atoms with E-state index in [-0.39, 0.29) is 16.6 Å². The van der Waals surface area contributed by atoms with Gasteiger partial charge in [0.15, 0.2) is 11.0 Å². The molecular weight excluding hydrogens is 440 g/mol. The molecule has 8 heteroatoms. The van der Waals surface area contributed by atoms with Gasteiger partial charge in [0.1, 0.15) is 18.4 Å². The lowest BCUT2D eigenvalue weighted by atomic mass is 10.0. The van der Waals surface area contributed by atoms with E-state index in [4.69, 9.17) is 16.0 Å². The van der Waals surface area contributed by atoms with E-state index >= 15 is 0 Å². The van der Waals surface area contributed by atoms with E-state index in [1.165, 1.54) is 17.3 Å². The number of para-hydroxylation sites is 1. The fourth-order valence-corrected chi connectivity index (χ4v) is 3.86. The first kappa shape index (κ1) is 20.7. The molecule has 0 aliphatic rings. The molecular formula is C25H17ClN4O3. The number of amides is 1. The van der Waals surface area contributed by atoms with Crippen molar-refractivity contribution in [2.45, 2.75) is 6.92 Å². The van der Waals surface area contributed by atoms with Gasteiger partial charge >= 0.3 is 0 Å². The summed E-state index contributed by atoms with van der Waals surface area (Å²) in [6, 6.07) is 19.3. The minimum absolute atomic E-state index is 0.184. The van der Waals surface area contributed by atoms with Crippen molar-refractivity contribution < 1.29 is 9.21 Å². The third-order valence-corrected chi connectivity index (χ3v) is 5.53. The van der Waals surface area contributed by atoms with Gasteiger partial charge in [0.25, 0.3) is 5.91 Å². The van der Waals surface area contributed by atoms with E-state index < -0.39 is 5.91 Å². The zero-order valence-corrected chi connectivity index (χ0v) is 18.2. The normalized spacial score (nSPS) is 11.0. The Kier molecular flexibility index (Phi) is 5.24. The molecule has 33 heavy (non-hydrogen) atoms. The number of halogens is 1. The second kappa shape index (κ2) is 8.37. The molecule has 0 aliphatic carbocycles. The van der Waals surface area contributed by atoms with E-state index in [0.717, 1.165) is 5.56 Å². The first-order valence-electron chi connectivity index (χ1n) is 10.1. The van der Waals surface area contributed by atoms with Crippen molar-refractivity contribution in [1.29, 1.82) is 0 Å². The van der Waals surface area contributed by atoms with E-state index in [1.807, 2.05) is 30.3 Å². The summed E-state index contributed by atoms with van der Waals surface area (Å²) < 4.78 is 7.68. The highest BCUT2D eigenvalue weighted by atomic mass is 35.5. The topological polar surface area (TPSA) is 90.0 Å². The van der Waals surface area contributed by atoms with Crippen molar-refractivity contribution in [1.82, 2.24) is 14.8 Å². The number of hydrogen-bond donors (Lipinski definition) is 1. The number of anilines is 1. The van der Waals surface area contributed by atoms with Crippen LogP contribution in [0.5, 0.6) is 0 Å². The van der Waals surface area contributed by atoms with E-state index in [2.05, 4.69) is 15.4 Å². The Labute approximate surface area is 193 Å². The van der Waals surface area contributed by atoms with Crippen molar-refractivity contribution in [3.05, 3.63) is 106 Å². The largest absolute Gasteiger partial charge is 0.455 e. The van der Waals surface area contributed by atoms with Crippen LogP contribution >= 0.6 is 11.6 Å². The van der Waals surface area contributed by atoms with Gasteiger partial charge in [0.2, 0.25) is 0 Å². The van der Waals surface area contributed by atoms with Crippen LogP contribution in [0, 0.1) is 6.92 Å². The molecule has 7 nitrogen and oxygen atoms in total. The number of aromatic nitrogens is 3. The molecule has 162 valence electrons. The number of benzene rings is 3. The van der Waals surface area contributed by atoms with E-state index in [9.17, 15) is 9.59 Å². The maximum Gasteiger partial charge on any atom is 0.259 e. The number of hydrogen-bond acceptors (Lipinski definition) is 5. The monoisotopic (exact) mass is 456 g/mol. The highest BCUT2D eigenvalue weighted by Crippen LogP contribution is 2.29. The summed E-state index contributed by atoms with van der Waals surface area (Å²) in [5, 5.41) is 7.77. The molecule has 0 atom stereocenters. The summed E-state index contributed by atoms with van der Waals surface area (Å²) in [6.45, 7) is 1.72. The molecule has 0 fully saturated rings. The summed E-state index contributed by atoms with van der Waals surface area (Å²) in [5.41, 5.74) is 2.53. The van der Waals surface area contributed by atoms with Crippen LogP contribution in [0.15, 0.2) is 88.6 Å². The van der Waals surface area contributed by atoms with Gasteiger partial charge < -0.3 is 9.73 Å². The quantitative estimate of drug-likeness (QED) is 0.398. The Morgan fingerprint density at radius 2 is 1.88 bits per heavy atom. The molecule has 0 saturated carbocycles. The Morgan fingerprint density at radius 3 is 2.64 bits per heavy atom. The standard InChI is InChI=1S/C25H17ClN4O3/c1-15-22(31)18-8-5-9-19(24(18)33-23(15)16-6-3-2-4-7-16)25(32)29-20-12-17(26)10-11-21(20)30-14-27-13-28-30/h2-14H,1H3,(H,29,32). The molecule has 5 rings (SSSR count). The SMILES string of the molecule is Cc1c(-c2ccccc2)oc2c(C(=O)Nc3cc(Cl)ccc3-n3cncn3)cccc2c1=O. The summed E-state index contributed by atoms with van der Waals surface area (Å²) in [5.74, 6) is -0.0188. The minimum Gasteiger partial charge on any atom is -0.455 e. The molecule has 0 unspecified atom stereocenters. The van der Waals surface area contributed by atoms with Gasteiger partial charge in [-0.25, -0.2) is 9.67 Å². The van der Waals surface area contributed by atoms with Gasteiger partial charge in [-0.1, -0.05) is 48.0 Å². The average Bonchev–Trinajstić information content (AvgIpc) is 3.36. The number of rotatable bonds is 4. The number of nitrogens with one attached hydrogen (secondary N) is 1. The first-order chi connectivity index (χ1) is 16.0. The number of nitrogens with zero attached hydrogens (tertiary/aromatic N) is 3. The maximum absolute atomic E-state index is 13.3. The average molecular weight is 457 g/mol. The number of carbonyl (C=O) groups excluding carboxylic acids is 1. The van der Waals surface area contributed by atoms with Crippen LogP contribution in [-0.4, -0.2) is 20.7 Å². The van der Waals surface area contributed by atoms with E-state index in [0.29, 0.717) is 33.1 Å². The lowest BCUT2D eigenvalue weighted by Gasteiger charge is -2.13. The Balaban J connectivity index is 1.63. The van der Waals surface area contributed by atoms with Crippen molar-refractivity contribution in [3.63, 3.8) is 0 Å². The highest BCUT2D eigenvalue weighted by molar-refractivity contribution is 6.31. The molecule has 5 aromatic rings. The number of carbonyl (C=O) groups is 1. The van der Waals surface area contributed by atoms with Crippen LogP contribution in [0.2, 0.25) is 5.02 Å². The van der Waals surface area contributed by atoms with Crippen LogP contribution in [0.1, 0.15) is 15.9 Å². The molecule has 0 radical (unpaired) electrons. The van der Waals surface area contributed by atoms with Crippen molar-refractivity contribution in [2.75, 3.05) is 5.32 Å².